The van der Waals surface area contributed by atoms with Crippen molar-refractivity contribution in [3.05, 3.63) is 66.7 Å². The lowest BCUT2D eigenvalue weighted by atomic mass is 10.2. The Hall–Kier alpha value is -3.85. The van der Waals surface area contributed by atoms with Crippen LogP contribution in [0.4, 0.5) is 11.4 Å². The molecule has 3 heterocycles. The molecule has 3 aliphatic heterocycles. The summed E-state index contributed by atoms with van der Waals surface area (Å²) in [6.07, 6.45) is 2.49. The molecule has 0 saturated carbocycles. The van der Waals surface area contributed by atoms with E-state index in [-0.39, 0.29) is 12.0 Å². The minimum Gasteiger partial charge on any atom is -0.412 e. The number of benzene rings is 2. The number of para-hydroxylation sites is 3. The fraction of sp³-hybridized carbons (Fsp3) is 0.320. The van der Waals surface area contributed by atoms with E-state index in [1.54, 1.807) is 12.1 Å². The van der Waals surface area contributed by atoms with E-state index < -0.39 is 17.9 Å². The van der Waals surface area contributed by atoms with Crippen molar-refractivity contribution in [2.24, 2.45) is 4.99 Å². The number of aliphatic imine (C=N–C) groups is 1. The monoisotopic (exact) mass is 462 g/mol. The number of anilines is 2. The number of carbonyl (C=O) groups excluding carboxylic acids is 2. The van der Waals surface area contributed by atoms with Crippen molar-refractivity contribution in [1.82, 2.24) is 4.90 Å². The first-order valence-electron chi connectivity index (χ1n) is 11.4. The number of nitrogens with zero attached hydrogens (tertiary/aromatic N) is 3. The summed E-state index contributed by atoms with van der Waals surface area (Å²) in [7, 11) is 0. The van der Waals surface area contributed by atoms with Crippen molar-refractivity contribution < 1.29 is 23.8 Å². The van der Waals surface area contributed by atoms with Gasteiger partial charge < -0.3 is 24.4 Å². The van der Waals surface area contributed by atoms with Crippen LogP contribution in [0.15, 0.2) is 71.7 Å². The Balaban J connectivity index is 1.42. The van der Waals surface area contributed by atoms with Gasteiger partial charge in [0.25, 0.3) is 0 Å². The summed E-state index contributed by atoms with van der Waals surface area (Å²) in [4.78, 5) is 34.0. The second kappa shape index (κ2) is 9.18. The maximum atomic E-state index is 12.3. The number of hydrogen-bond donors (Lipinski definition) is 1. The second-order valence-electron chi connectivity index (χ2n) is 8.18. The zero-order chi connectivity index (χ0) is 23.5. The Morgan fingerprint density at radius 3 is 2.24 bits per heavy atom. The Labute approximate surface area is 197 Å². The summed E-state index contributed by atoms with van der Waals surface area (Å²) < 4.78 is 16.9. The smallest absolute Gasteiger partial charge is 0.412 e. The van der Waals surface area contributed by atoms with Crippen molar-refractivity contribution in [2.45, 2.75) is 25.5 Å². The highest BCUT2D eigenvalue weighted by Gasteiger charge is 2.52. The predicted octanol–water partition coefficient (Wildman–Crippen LogP) is 2.76. The average Bonchev–Trinajstić information content (AvgIpc) is 3.01. The van der Waals surface area contributed by atoms with Crippen molar-refractivity contribution in [3.8, 4) is 5.75 Å². The molecule has 9 nitrogen and oxygen atoms in total. The van der Waals surface area contributed by atoms with Gasteiger partial charge in [-0.3, -0.25) is 4.90 Å². The first kappa shape index (κ1) is 22.0. The van der Waals surface area contributed by atoms with E-state index in [2.05, 4.69) is 27.2 Å². The van der Waals surface area contributed by atoms with E-state index in [4.69, 9.17) is 19.2 Å². The number of hydrogen-bond acceptors (Lipinski definition) is 8. The Morgan fingerprint density at radius 1 is 0.912 bits per heavy atom. The molecule has 0 aliphatic carbocycles. The highest BCUT2D eigenvalue weighted by Crippen LogP contribution is 2.36. The number of nitrogens with one attached hydrogen (secondary N) is 1. The van der Waals surface area contributed by atoms with Gasteiger partial charge in [-0.15, -0.1) is 0 Å². The summed E-state index contributed by atoms with van der Waals surface area (Å²) in [5, 5.41) is 3.17. The number of esters is 2. The molecule has 1 N–H and O–H groups in total. The number of piperazine rings is 1. The first-order valence-corrected chi connectivity index (χ1v) is 11.4. The van der Waals surface area contributed by atoms with E-state index in [0.29, 0.717) is 17.9 Å². The molecule has 1 atom stereocenters. The normalized spacial score (nSPS) is 21.7. The molecule has 0 amide bonds. The van der Waals surface area contributed by atoms with Crippen LogP contribution in [0.3, 0.4) is 0 Å². The minimum absolute atomic E-state index is 0.119. The molecule has 1 spiro atoms. The number of amidine groups is 1. The molecular weight excluding hydrogens is 436 g/mol. The molecule has 34 heavy (non-hydrogen) atoms. The predicted molar refractivity (Wildman–Crippen MR) is 126 cm³/mol. The lowest BCUT2D eigenvalue weighted by molar-refractivity contribution is -0.264. The molecule has 9 heteroatoms. The van der Waals surface area contributed by atoms with Crippen LogP contribution in [0, 0.1) is 0 Å². The standard InChI is InChI=1S/C25H26N4O5/c1-2-21(29-16-14-28(15-17-29)18-8-4-3-5-9-18)27-24-25(33-22(30)12-13-23(31)34-25)32-20-11-7-6-10-19(20)26-24/h3-13,21H,2,14-17H2,1H3,(H,26,27). The third-order valence-electron chi connectivity index (χ3n) is 6.00. The molecule has 1 saturated heterocycles. The van der Waals surface area contributed by atoms with Crippen LogP contribution in [0.5, 0.6) is 5.75 Å². The highest BCUT2D eigenvalue weighted by molar-refractivity contribution is 6.06. The summed E-state index contributed by atoms with van der Waals surface area (Å²) in [6, 6.07) is 17.4. The van der Waals surface area contributed by atoms with Gasteiger partial charge in [0.1, 0.15) is 6.17 Å². The van der Waals surface area contributed by atoms with Crippen molar-refractivity contribution in [2.75, 3.05) is 36.4 Å². The van der Waals surface area contributed by atoms with Gasteiger partial charge in [0, 0.05) is 44.0 Å². The fourth-order valence-corrected chi connectivity index (χ4v) is 4.29. The van der Waals surface area contributed by atoms with Crippen LogP contribution in [-0.4, -0.2) is 61.0 Å². The van der Waals surface area contributed by atoms with Gasteiger partial charge in [-0.25, -0.2) is 14.6 Å². The van der Waals surface area contributed by atoms with Gasteiger partial charge in [0.05, 0.1) is 5.69 Å². The van der Waals surface area contributed by atoms with Gasteiger partial charge in [-0.1, -0.05) is 37.3 Å². The molecule has 0 aromatic heterocycles. The molecule has 3 aliphatic rings. The van der Waals surface area contributed by atoms with E-state index in [0.717, 1.165) is 38.3 Å². The summed E-state index contributed by atoms with van der Waals surface area (Å²) >= 11 is 0. The van der Waals surface area contributed by atoms with Gasteiger partial charge in [0.15, 0.2) is 5.75 Å². The Morgan fingerprint density at radius 2 is 1.56 bits per heavy atom. The molecule has 2 aromatic carbocycles. The number of carbonyl (C=O) groups is 2. The lowest BCUT2D eigenvalue weighted by Gasteiger charge is -2.40. The van der Waals surface area contributed by atoms with Crippen LogP contribution in [0.1, 0.15) is 13.3 Å². The molecule has 0 radical (unpaired) electrons. The van der Waals surface area contributed by atoms with E-state index in [1.165, 1.54) is 5.69 Å². The molecule has 2 aromatic rings. The average molecular weight is 463 g/mol. The van der Waals surface area contributed by atoms with Gasteiger partial charge in [0.2, 0.25) is 5.84 Å². The minimum atomic E-state index is -2.12. The maximum Gasteiger partial charge on any atom is 0.486 e. The number of fused-ring (bicyclic) bond motifs is 1. The summed E-state index contributed by atoms with van der Waals surface area (Å²) in [5.74, 6) is -3.14. The zero-order valence-corrected chi connectivity index (χ0v) is 18.8. The summed E-state index contributed by atoms with van der Waals surface area (Å²) in [5.41, 5.74) is 1.84. The highest BCUT2D eigenvalue weighted by atomic mass is 16.9. The zero-order valence-electron chi connectivity index (χ0n) is 18.8. The molecule has 1 fully saturated rings. The Bertz CT molecular complexity index is 1110. The third kappa shape index (κ3) is 4.34. The van der Waals surface area contributed by atoms with Gasteiger partial charge in [-0.2, -0.15) is 0 Å². The van der Waals surface area contributed by atoms with Crippen LogP contribution in [0.25, 0.3) is 0 Å². The first-order chi connectivity index (χ1) is 16.6. The van der Waals surface area contributed by atoms with Crippen LogP contribution in [-0.2, 0) is 19.1 Å². The topological polar surface area (TPSA) is 92.7 Å². The molecule has 5 rings (SSSR count). The Kier molecular flexibility index (Phi) is 5.93. The molecular formula is C25H26N4O5. The van der Waals surface area contributed by atoms with E-state index in [9.17, 15) is 9.59 Å². The lowest BCUT2D eigenvalue weighted by Crippen LogP contribution is -2.57. The van der Waals surface area contributed by atoms with Crippen LogP contribution >= 0.6 is 0 Å². The van der Waals surface area contributed by atoms with Crippen molar-refractivity contribution in [3.63, 3.8) is 0 Å². The number of ether oxygens (including phenoxy) is 3. The third-order valence-corrected chi connectivity index (χ3v) is 6.00. The second-order valence-corrected chi connectivity index (χ2v) is 8.18. The van der Waals surface area contributed by atoms with Gasteiger partial charge in [-0.05, 0) is 30.7 Å². The van der Waals surface area contributed by atoms with Crippen molar-refractivity contribution in [1.29, 1.82) is 0 Å². The van der Waals surface area contributed by atoms with Gasteiger partial charge >= 0.3 is 17.9 Å². The fourth-order valence-electron chi connectivity index (χ4n) is 4.29. The van der Waals surface area contributed by atoms with E-state index in [1.807, 2.05) is 37.3 Å². The van der Waals surface area contributed by atoms with E-state index >= 15 is 0 Å². The maximum absolute atomic E-state index is 12.3. The molecule has 1 unspecified atom stereocenters. The largest absolute Gasteiger partial charge is 0.486 e. The quantitative estimate of drug-likeness (QED) is 0.694. The SMILES string of the molecule is CCC(/N=C1\Nc2ccccc2OC12OC(=O)C=CC(=O)O2)N1CCN(c2ccccc2)CC1. The van der Waals surface area contributed by atoms with Crippen molar-refractivity contribution >= 4 is 29.1 Å². The van der Waals surface area contributed by atoms with Crippen LogP contribution in [0.2, 0.25) is 0 Å². The van der Waals surface area contributed by atoms with Crippen LogP contribution < -0.4 is 15.0 Å². The number of rotatable bonds is 4. The molecule has 0 bridgehead atoms. The summed E-state index contributed by atoms with van der Waals surface area (Å²) in [6.45, 7) is 5.36. The molecule has 176 valence electrons.